The van der Waals surface area contributed by atoms with E-state index in [1.165, 1.54) is 6.42 Å². The first-order chi connectivity index (χ1) is 16.0. The van der Waals surface area contributed by atoms with E-state index < -0.39 is 6.10 Å². The fourth-order valence-corrected chi connectivity index (χ4v) is 4.36. The Morgan fingerprint density at radius 3 is 2.52 bits per heavy atom. The molecule has 33 heavy (non-hydrogen) atoms. The number of nitrogens with one attached hydrogen (secondary N) is 1. The van der Waals surface area contributed by atoms with Crippen LogP contribution in [0.25, 0.3) is 0 Å². The van der Waals surface area contributed by atoms with Gasteiger partial charge >= 0.3 is 0 Å². The summed E-state index contributed by atoms with van der Waals surface area (Å²) in [6.45, 7) is 8.62. The van der Waals surface area contributed by atoms with Gasteiger partial charge in [0.05, 0.1) is 12.6 Å². The average Bonchev–Trinajstić information content (AvgIpc) is 3.22. The van der Waals surface area contributed by atoms with Gasteiger partial charge in [0.1, 0.15) is 11.9 Å². The van der Waals surface area contributed by atoms with Crippen LogP contribution in [0.5, 0.6) is 5.75 Å². The molecule has 0 aromatic heterocycles. The number of carbonyl (C=O) groups is 1. The number of hydrogen-bond donors (Lipinski definition) is 2. The van der Waals surface area contributed by atoms with E-state index in [0.29, 0.717) is 25.5 Å². The van der Waals surface area contributed by atoms with Gasteiger partial charge in [0.2, 0.25) is 5.91 Å². The Bertz CT molecular complexity index is 652. The minimum atomic E-state index is -0.747. The van der Waals surface area contributed by atoms with Crippen LogP contribution in [-0.2, 0) is 9.53 Å². The number of aliphatic hydroxyl groups is 1. The Labute approximate surface area is 201 Å². The predicted molar refractivity (Wildman–Crippen MR) is 134 cm³/mol. The summed E-state index contributed by atoms with van der Waals surface area (Å²) >= 11 is 0. The number of benzene rings is 1. The molecule has 1 heterocycles. The van der Waals surface area contributed by atoms with Crippen LogP contribution in [0, 0.1) is 5.92 Å². The summed E-state index contributed by atoms with van der Waals surface area (Å²) < 4.78 is 10.8. The van der Waals surface area contributed by atoms with Crippen molar-refractivity contribution < 1.29 is 19.4 Å². The fourth-order valence-electron chi connectivity index (χ4n) is 4.36. The zero-order valence-corrected chi connectivity index (χ0v) is 21.1. The zero-order chi connectivity index (χ0) is 23.9. The van der Waals surface area contributed by atoms with Gasteiger partial charge in [0, 0.05) is 33.2 Å². The van der Waals surface area contributed by atoms with Crippen molar-refractivity contribution in [2.75, 3.05) is 40.0 Å². The maximum atomic E-state index is 12.7. The molecule has 0 saturated carbocycles. The Balaban J connectivity index is 1.89. The van der Waals surface area contributed by atoms with Gasteiger partial charge in [0.25, 0.3) is 0 Å². The molecule has 0 radical (unpaired) electrons. The molecule has 1 amide bonds. The quantitative estimate of drug-likeness (QED) is 0.328. The molecule has 2 rings (SSSR count). The average molecular weight is 463 g/mol. The second-order valence-corrected chi connectivity index (χ2v) is 9.55. The molecular formula is C27H46N2O4. The van der Waals surface area contributed by atoms with E-state index in [0.717, 1.165) is 76.0 Å². The van der Waals surface area contributed by atoms with Crippen molar-refractivity contribution in [2.24, 2.45) is 5.92 Å². The molecule has 188 valence electrons. The number of hydrogen-bond acceptors (Lipinski definition) is 5. The van der Waals surface area contributed by atoms with Gasteiger partial charge in [-0.15, -0.1) is 0 Å². The van der Waals surface area contributed by atoms with Crippen molar-refractivity contribution in [1.82, 2.24) is 10.2 Å². The van der Waals surface area contributed by atoms with E-state index in [2.05, 4.69) is 24.1 Å². The molecule has 1 fully saturated rings. The number of aliphatic hydroxyl groups excluding tert-OH is 1. The minimum absolute atomic E-state index is 0.0303. The third kappa shape index (κ3) is 10.9. The molecule has 6 nitrogen and oxygen atoms in total. The number of likely N-dealkylation sites (tertiary alicyclic amines) is 1. The number of carbonyl (C=O) groups excluding carboxylic acids is 1. The lowest BCUT2D eigenvalue weighted by molar-refractivity contribution is -0.123. The molecule has 2 N–H and O–H groups in total. The molecule has 1 saturated heterocycles. The molecule has 3 atom stereocenters. The highest BCUT2D eigenvalue weighted by molar-refractivity contribution is 5.76. The highest BCUT2D eigenvalue weighted by Gasteiger charge is 2.28. The molecule has 0 bridgehead atoms. The largest absolute Gasteiger partial charge is 0.494 e. The lowest BCUT2D eigenvalue weighted by Crippen LogP contribution is -2.46. The third-order valence-electron chi connectivity index (χ3n) is 6.43. The molecule has 1 aliphatic heterocycles. The first kappa shape index (κ1) is 27.6. The molecule has 0 unspecified atom stereocenters. The van der Waals surface area contributed by atoms with Crippen molar-refractivity contribution in [3.05, 3.63) is 29.8 Å². The van der Waals surface area contributed by atoms with Gasteiger partial charge in [0.15, 0.2) is 0 Å². The standard InChI is InChI=1S/C27H46N2O4/c1-4-5-19-33-24-14-12-23(13-15-24)27(31)25(21-29-17-16-22(2)20-29)28-26(30)11-9-7-6-8-10-18-32-3/h12-15,22,25,27,31H,4-11,16-21H2,1-3H3,(H,28,30)/t22-,25+,27+/m0/s1. The molecule has 1 aromatic carbocycles. The Morgan fingerprint density at radius 1 is 1.12 bits per heavy atom. The Hall–Kier alpha value is -1.63. The molecule has 0 spiro atoms. The minimum Gasteiger partial charge on any atom is -0.494 e. The molecular weight excluding hydrogens is 416 g/mol. The van der Waals surface area contributed by atoms with Crippen LogP contribution in [0.2, 0.25) is 0 Å². The van der Waals surface area contributed by atoms with Crippen LogP contribution in [0.4, 0.5) is 0 Å². The van der Waals surface area contributed by atoms with Crippen LogP contribution >= 0.6 is 0 Å². The van der Waals surface area contributed by atoms with Crippen LogP contribution in [0.3, 0.4) is 0 Å². The van der Waals surface area contributed by atoms with Gasteiger partial charge in [-0.2, -0.15) is 0 Å². The summed E-state index contributed by atoms with van der Waals surface area (Å²) in [5, 5.41) is 14.3. The monoisotopic (exact) mass is 462 g/mol. The number of amides is 1. The number of methoxy groups -OCH3 is 1. The normalized spacial score (nSPS) is 18.2. The van der Waals surface area contributed by atoms with Gasteiger partial charge in [-0.25, -0.2) is 0 Å². The molecule has 1 aliphatic rings. The van der Waals surface area contributed by atoms with E-state index in [1.807, 2.05) is 24.3 Å². The van der Waals surface area contributed by atoms with Crippen molar-refractivity contribution >= 4 is 5.91 Å². The topological polar surface area (TPSA) is 71.0 Å². The van der Waals surface area contributed by atoms with Gasteiger partial charge in [-0.1, -0.05) is 51.7 Å². The van der Waals surface area contributed by atoms with E-state index >= 15 is 0 Å². The highest BCUT2D eigenvalue weighted by atomic mass is 16.5. The summed E-state index contributed by atoms with van der Waals surface area (Å²) in [6, 6.07) is 7.33. The fraction of sp³-hybridized carbons (Fsp3) is 0.741. The van der Waals surface area contributed by atoms with Crippen molar-refractivity contribution in [3.8, 4) is 5.75 Å². The maximum Gasteiger partial charge on any atom is 0.220 e. The van der Waals surface area contributed by atoms with Crippen LogP contribution in [0.1, 0.15) is 83.3 Å². The van der Waals surface area contributed by atoms with Crippen molar-refractivity contribution in [3.63, 3.8) is 0 Å². The summed E-state index contributed by atoms with van der Waals surface area (Å²) in [5.41, 5.74) is 0.813. The highest BCUT2D eigenvalue weighted by Crippen LogP contribution is 2.23. The maximum absolute atomic E-state index is 12.7. The number of rotatable bonds is 17. The van der Waals surface area contributed by atoms with Gasteiger partial charge in [-0.05, 0) is 55.8 Å². The van der Waals surface area contributed by atoms with Crippen LogP contribution in [0.15, 0.2) is 24.3 Å². The van der Waals surface area contributed by atoms with E-state index in [4.69, 9.17) is 9.47 Å². The smallest absolute Gasteiger partial charge is 0.220 e. The zero-order valence-electron chi connectivity index (χ0n) is 21.1. The predicted octanol–water partition coefficient (Wildman–Crippen LogP) is 4.71. The first-order valence-electron chi connectivity index (χ1n) is 12.9. The number of nitrogens with zero attached hydrogens (tertiary/aromatic N) is 1. The van der Waals surface area contributed by atoms with E-state index in [-0.39, 0.29) is 11.9 Å². The SMILES string of the molecule is CCCCOc1ccc([C@@H](O)[C@@H](CN2CC[C@H](C)C2)NC(=O)CCCCCCCOC)cc1. The Kier molecular flexibility index (Phi) is 13.5. The lowest BCUT2D eigenvalue weighted by Gasteiger charge is -2.29. The van der Waals surface area contributed by atoms with Gasteiger partial charge < -0.3 is 24.8 Å². The summed E-state index contributed by atoms with van der Waals surface area (Å²) in [7, 11) is 1.73. The lowest BCUT2D eigenvalue weighted by atomic mass is 10.0. The molecule has 6 heteroatoms. The van der Waals surface area contributed by atoms with Gasteiger partial charge in [-0.3, -0.25) is 4.79 Å². The first-order valence-corrected chi connectivity index (χ1v) is 12.9. The number of unbranched alkanes of at least 4 members (excludes halogenated alkanes) is 5. The summed E-state index contributed by atoms with van der Waals surface area (Å²) in [5.74, 6) is 1.51. The van der Waals surface area contributed by atoms with Crippen molar-refractivity contribution in [1.29, 1.82) is 0 Å². The second kappa shape index (κ2) is 16.1. The number of ether oxygens (including phenoxy) is 2. The van der Waals surface area contributed by atoms with Crippen LogP contribution < -0.4 is 10.1 Å². The summed E-state index contributed by atoms with van der Waals surface area (Å²) in [4.78, 5) is 15.0. The molecule has 1 aromatic rings. The van der Waals surface area contributed by atoms with E-state index in [9.17, 15) is 9.90 Å². The second-order valence-electron chi connectivity index (χ2n) is 9.55. The summed E-state index contributed by atoms with van der Waals surface area (Å²) in [6.07, 6.45) is 8.33. The van der Waals surface area contributed by atoms with Crippen molar-refractivity contribution in [2.45, 2.75) is 83.8 Å². The third-order valence-corrected chi connectivity index (χ3v) is 6.43. The van der Waals surface area contributed by atoms with E-state index in [1.54, 1.807) is 7.11 Å². The molecule has 0 aliphatic carbocycles. The Morgan fingerprint density at radius 2 is 1.85 bits per heavy atom. The van der Waals surface area contributed by atoms with Crippen LogP contribution in [-0.4, -0.2) is 61.9 Å².